The van der Waals surface area contributed by atoms with Crippen molar-refractivity contribution in [2.45, 2.75) is 46.2 Å². The van der Waals surface area contributed by atoms with Crippen LogP contribution in [0.3, 0.4) is 0 Å². The van der Waals surface area contributed by atoms with Gasteiger partial charge in [0.1, 0.15) is 6.04 Å². The number of allylic oxidation sites excluding steroid dienone is 1. The van der Waals surface area contributed by atoms with Gasteiger partial charge >= 0.3 is 5.97 Å². The lowest BCUT2D eigenvalue weighted by molar-refractivity contribution is -0.155. The molecule has 1 aliphatic heterocycles. The molecule has 1 heterocycles. The maximum Gasteiger partial charge on any atom is 0.310 e. The summed E-state index contributed by atoms with van der Waals surface area (Å²) in [5.41, 5.74) is 1.28. The van der Waals surface area contributed by atoms with Crippen molar-refractivity contribution < 1.29 is 24.2 Å². The van der Waals surface area contributed by atoms with Gasteiger partial charge in [-0.2, -0.15) is 0 Å². The number of nitrogens with one attached hydrogen (secondary N) is 1. The average Bonchev–Trinajstić information content (AvgIpc) is 3.04. The average molecular weight is 463 g/mol. The molecule has 1 saturated heterocycles. The van der Waals surface area contributed by atoms with Gasteiger partial charge in [-0.05, 0) is 37.8 Å². The summed E-state index contributed by atoms with van der Waals surface area (Å²) in [6.45, 7) is 7.22. The Morgan fingerprint density at radius 3 is 2.59 bits per heavy atom. The van der Waals surface area contributed by atoms with Crippen molar-refractivity contribution in [1.29, 1.82) is 0 Å². The number of anilines is 1. The van der Waals surface area contributed by atoms with E-state index in [-0.39, 0.29) is 25.0 Å². The minimum Gasteiger partial charge on any atom is -0.466 e. The summed E-state index contributed by atoms with van der Waals surface area (Å²) in [5, 5.41) is 13.3. The summed E-state index contributed by atoms with van der Waals surface area (Å²) >= 11 is 6.31. The van der Waals surface area contributed by atoms with E-state index in [0.29, 0.717) is 17.1 Å². The molecular formula is C24H31ClN2O5. The van der Waals surface area contributed by atoms with Crippen molar-refractivity contribution in [3.05, 3.63) is 40.9 Å². The van der Waals surface area contributed by atoms with Crippen molar-refractivity contribution in [3.8, 4) is 0 Å². The smallest absolute Gasteiger partial charge is 0.310 e. The molecule has 2 aliphatic rings. The number of aryl methyl sites for hydroxylation is 1. The Morgan fingerprint density at radius 1 is 1.28 bits per heavy atom. The molecule has 0 unspecified atom stereocenters. The second kappa shape index (κ2) is 10.0. The van der Waals surface area contributed by atoms with Crippen molar-refractivity contribution in [2.24, 2.45) is 23.7 Å². The van der Waals surface area contributed by atoms with Crippen molar-refractivity contribution in [1.82, 2.24) is 4.90 Å². The zero-order valence-electron chi connectivity index (χ0n) is 18.9. The van der Waals surface area contributed by atoms with Gasteiger partial charge in [0.15, 0.2) is 0 Å². The summed E-state index contributed by atoms with van der Waals surface area (Å²) in [5.74, 6) is -3.27. The summed E-state index contributed by atoms with van der Waals surface area (Å²) in [6, 6.07) is 3.90. The molecule has 2 amide bonds. The van der Waals surface area contributed by atoms with E-state index in [1.807, 2.05) is 39.0 Å². The monoisotopic (exact) mass is 462 g/mol. The Balaban J connectivity index is 2.04. The molecule has 2 N–H and O–H groups in total. The topological polar surface area (TPSA) is 95.9 Å². The number of ether oxygens (including phenoxy) is 1. The lowest BCUT2D eigenvalue weighted by Crippen LogP contribution is -2.50. The number of aliphatic hydroxyl groups excluding tert-OH is 1. The molecule has 0 spiro atoms. The van der Waals surface area contributed by atoms with E-state index in [0.717, 1.165) is 5.56 Å². The van der Waals surface area contributed by atoms with Gasteiger partial charge in [-0.25, -0.2) is 0 Å². The third-order valence-electron chi connectivity index (χ3n) is 6.58. The summed E-state index contributed by atoms with van der Waals surface area (Å²) in [6.07, 6.45) is 4.21. The zero-order valence-corrected chi connectivity index (χ0v) is 19.6. The second-order valence-corrected chi connectivity index (χ2v) is 8.89. The van der Waals surface area contributed by atoms with E-state index in [1.165, 1.54) is 4.90 Å². The van der Waals surface area contributed by atoms with Gasteiger partial charge in [-0.15, -0.1) is 0 Å². The van der Waals surface area contributed by atoms with Gasteiger partial charge in [0, 0.05) is 5.92 Å². The number of rotatable bonds is 7. The van der Waals surface area contributed by atoms with Crippen molar-refractivity contribution in [3.63, 3.8) is 0 Å². The highest BCUT2D eigenvalue weighted by Crippen LogP contribution is 2.45. The predicted molar refractivity (Wildman–Crippen MR) is 122 cm³/mol. The van der Waals surface area contributed by atoms with E-state index in [1.54, 1.807) is 19.1 Å². The molecular weight excluding hydrogens is 432 g/mol. The van der Waals surface area contributed by atoms with Crippen LogP contribution in [0.15, 0.2) is 30.4 Å². The number of carbonyl (C=O) groups excluding carboxylic acids is 3. The molecule has 3 rings (SSSR count). The molecule has 1 fully saturated rings. The van der Waals surface area contributed by atoms with Crippen LogP contribution in [0.25, 0.3) is 0 Å². The fraction of sp³-hybridized carbons (Fsp3) is 0.542. The fourth-order valence-corrected chi connectivity index (χ4v) is 5.20. The molecule has 0 radical (unpaired) electrons. The molecule has 8 heteroatoms. The molecule has 1 aromatic rings. The minimum absolute atomic E-state index is 0.206. The Kier molecular flexibility index (Phi) is 7.62. The number of amides is 2. The van der Waals surface area contributed by atoms with Gasteiger partial charge in [0.05, 0.1) is 41.8 Å². The molecule has 32 heavy (non-hydrogen) atoms. The van der Waals surface area contributed by atoms with Gasteiger partial charge in [-0.1, -0.05) is 49.7 Å². The van der Waals surface area contributed by atoms with Crippen LogP contribution in [0.1, 0.15) is 32.8 Å². The molecule has 0 bridgehead atoms. The van der Waals surface area contributed by atoms with Crippen LogP contribution in [-0.4, -0.2) is 53.1 Å². The number of halogens is 1. The minimum atomic E-state index is -0.874. The first-order valence-electron chi connectivity index (χ1n) is 11.1. The maximum atomic E-state index is 13.6. The molecule has 0 aromatic heterocycles. The number of fused-ring (bicyclic) bond motifs is 1. The first kappa shape index (κ1) is 24.3. The molecule has 174 valence electrons. The van der Waals surface area contributed by atoms with Crippen LogP contribution in [0.4, 0.5) is 5.69 Å². The number of benzene rings is 1. The summed E-state index contributed by atoms with van der Waals surface area (Å²) in [4.78, 5) is 41.4. The molecule has 7 nitrogen and oxygen atoms in total. The van der Waals surface area contributed by atoms with Crippen LogP contribution in [0, 0.1) is 30.6 Å². The van der Waals surface area contributed by atoms with Gasteiger partial charge < -0.3 is 20.1 Å². The quantitative estimate of drug-likeness (QED) is 0.479. The van der Waals surface area contributed by atoms with Crippen LogP contribution < -0.4 is 5.32 Å². The lowest BCUT2D eigenvalue weighted by atomic mass is 9.70. The van der Waals surface area contributed by atoms with E-state index < -0.39 is 41.7 Å². The Labute approximate surface area is 193 Å². The van der Waals surface area contributed by atoms with Crippen LogP contribution in [-0.2, 0) is 19.1 Å². The van der Waals surface area contributed by atoms with Gasteiger partial charge in [0.2, 0.25) is 11.8 Å². The van der Waals surface area contributed by atoms with E-state index in [2.05, 4.69) is 5.32 Å². The number of esters is 1. The number of nitrogens with zero attached hydrogens (tertiary/aromatic N) is 1. The number of para-hydroxylation sites is 1. The van der Waals surface area contributed by atoms with Gasteiger partial charge in [-0.3, -0.25) is 14.4 Å². The standard InChI is InChI=1S/C24H31ClN2O5/c1-5-15(12-28)27-21(22(29)26-20-14(4)8-7-9-17(20)25)16-11-10-13(3)18(19(16)23(27)30)24(31)32-6-2/h7-11,13,15-16,18-19,21,28H,5-6,12H2,1-4H3,(H,26,29)/t13-,15+,16+,18-,19-,21+/m1/s1. The van der Waals surface area contributed by atoms with Gasteiger partial charge in [0.25, 0.3) is 0 Å². The largest absolute Gasteiger partial charge is 0.466 e. The number of hydrogen-bond acceptors (Lipinski definition) is 5. The van der Waals surface area contributed by atoms with E-state index >= 15 is 0 Å². The first-order valence-corrected chi connectivity index (χ1v) is 11.5. The lowest BCUT2D eigenvalue weighted by Gasteiger charge is -2.33. The molecule has 0 saturated carbocycles. The maximum absolute atomic E-state index is 13.6. The first-order chi connectivity index (χ1) is 15.3. The van der Waals surface area contributed by atoms with Crippen molar-refractivity contribution >= 4 is 35.1 Å². The molecule has 6 atom stereocenters. The highest BCUT2D eigenvalue weighted by molar-refractivity contribution is 6.34. The Bertz CT molecular complexity index is 893. The normalized spacial score (nSPS) is 27.8. The Hall–Kier alpha value is -2.38. The van der Waals surface area contributed by atoms with E-state index in [9.17, 15) is 19.5 Å². The second-order valence-electron chi connectivity index (χ2n) is 8.48. The number of aliphatic hydroxyl groups is 1. The van der Waals surface area contributed by atoms with Crippen LogP contribution >= 0.6 is 11.6 Å². The number of carbonyl (C=O) groups is 3. The summed E-state index contributed by atoms with van der Waals surface area (Å²) in [7, 11) is 0. The van der Waals surface area contributed by atoms with Crippen molar-refractivity contribution in [2.75, 3.05) is 18.5 Å². The fourth-order valence-electron chi connectivity index (χ4n) is 4.93. The number of hydrogen-bond donors (Lipinski definition) is 2. The summed E-state index contributed by atoms with van der Waals surface area (Å²) < 4.78 is 5.27. The SMILES string of the molecule is CCOC(=O)[C@H]1[C@@H]2C(=O)N([C@@H](CC)CO)[C@H](C(=O)Nc3c(C)cccc3Cl)[C@H]2C=C[C@H]1C. The molecule has 1 aliphatic carbocycles. The molecule has 1 aromatic carbocycles. The highest BCUT2D eigenvalue weighted by Gasteiger charge is 2.58. The third kappa shape index (κ3) is 4.28. The number of likely N-dealkylation sites (tertiary alicyclic amines) is 1. The van der Waals surface area contributed by atoms with Crippen LogP contribution in [0.2, 0.25) is 5.02 Å². The third-order valence-corrected chi connectivity index (χ3v) is 6.90. The Morgan fingerprint density at radius 2 is 2.00 bits per heavy atom. The zero-order chi connectivity index (χ0) is 23.6. The van der Waals surface area contributed by atoms with E-state index in [4.69, 9.17) is 16.3 Å². The van der Waals surface area contributed by atoms with Crippen LogP contribution in [0.5, 0.6) is 0 Å². The highest BCUT2D eigenvalue weighted by atomic mass is 35.5. The predicted octanol–water partition coefficient (Wildman–Crippen LogP) is 3.19.